The van der Waals surface area contributed by atoms with Crippen molar-refractivity contribution in [2.75, 3.05) is 6.54 Å². The van der Waals surface area contributed by atoms with Crippen LogP contribution in [-0.4, -0.2) is 17.8 Å². The molecule has 0 saturated heterocycles. The van der Waals surface area contributed by atoms with E-state index >= 15 is 0 Å². The third kappa shape index (κ3) is 3.34. The van der Waals surface area contributed by atoms with Gasteiger partial charge in [0.1, 0.15) is 12.1 Å². The fourth-order valence-electron chi connectivity index (χ4n) is 1.70. The Kier molecular flexibility index (Phi) is 3.93. The summed E-state index contributed by atoms with van der Waals surface area (Å²) >= 11 is 0. The fraction of sp³-hybridized carbons (Fsp3) is 0.417. The molecule has 0 aromatic heterocycles. The molecule has 0 heterocycles. The van der Waals surface area contributed by atoms with Crippen molar-refractivity contribution in [3.63, 3.8) is 0 Å². The summed E-state index contributed by atoms with van der Waals surface area (Å²) in [7, 11) is 0. The highest BCUT2D eigenvalue weighted by Crippen LogP contribution is 2.33. The van der Waals surface area contributed by atoms with Crippen molar-refractivity contribution < 1.29 is 14.1 Å². The van der Waals surface area contributed by atoms with Gasteiger partial charge in [-0.05, 0) is 17.7 Å². The van der Waals surface area contributed by atoms with Gasteiger partial charge in [-0.25, -0.2) is 4.39 Å². The predicted octanol–water partition coefficient (Wildman–Crippen LogP) is 2.41. The molecule has 92 valence electrons. The van der Waals surface area contributed by atoms with Crippen LogP contribution in [0.25, 0.3) is 0 Å². The maximum Gasteiger partial charge on any atom is 0.211 e. The van der Waals surface area contributed by atoms with Crippen LogP contribution < -0.4 is 0 Å². The number of aldehydes is 1. The normalized spacial score (nSPS) is 13.1. The zero-order chi connectivity index (χ0) is 13.1. The van der Waals surface area contributed by atoms with Crippen LogP contribution in [0, 0.1) is 21.3 Å². The molecule has 0 aliphatic carbocycles. The first-order chi connectivity index (χ1) is 7.86. The maximum absolute atomic E-state index is 12.8. The third-order valence-electron chi connectivity index (χ3n) is 2.81. The highest BCUT2D eigenvalue weighted by Gasteiger charge is 2.34. The molecule has 1 aromatic rings. The number of benzene rings is 1. The number of rotatable bonds is 5. The lowest BCUT2D eigenvalue weighted by Crippen LogP contribution is -2.29. The van der Waals surface area contributed by atoms with Gasteiger partial charge in [0.05, 0.1) is 5.92 Å². The second-order valence-corrected chi connectivity index (χ2v) is 4.56. The summed E-state index contributed by atoms with van der Waals surface area (Å²) in [4.78, 5) is 21.2. The summed E-state index contributed by atoms with van der Waals surface area (Å²) in [5.74, 6) is -0.965. The number of nitro groups is 1. The molecule has 0 amide bonds. The molecule has 17 heavy (non-hydrogen) atoms. The van der Waals surface area contributed by atoms with E-state index in [2.05, 4.69) is 0 Å². The molecule has 0 bridgehead atoms. The van der Waals surface area contributed by atoms with Crippen LogP contribution in [0.3, 0.4) is 0 Å². The van der Waals surface area contributed by atoms with Crippen LogP contribution in [-0.2, 0) is 4.79 Å². The monoisotopic (exact) mass is 239 g/mol. The minimum atomic E-state index is -0.856. The van der Waals surface area contributed by atoms with E-state index in [1.54, 1.807) is 13.8 Å². The summed E-state index contributed by atoms with van der Waals surface area (Å²) in [6.07, 6.45) is 0.699. The number of halogens is 1. The summed E-state index contributed by atoms with van der Waals surface area (Å²) in [6.45, 7) is 2.92. The van der Waals surface area contributed by atoms with Crippen molar-refractivity contribution in [2.24, 2.45) is 5.41 Å². The number of hydrogen-bond donors (Lipinski definition) is 0. The molecular weight excluding hydrogens is 225 g/mol. The van der Waals surface area contributed by atoms with Crippen LogP contribution >= 0.6 is 0 Å². The Morgan fingerprint density at radius 1 is 1.41 bits per heavy atom. The molecule has 0 saturated carbocycles. The predicted molar refractivity (Wildman–Crippen MR) is 60.8 cm³/mol. The topological polar surface area (TPSA) is 60.2 Å². The van der Waals surface area contributed by atoms with Crippen molar-refractivity contribution in [3.05, 3.63) is 45.8 Å². The smallest absolute Gasteiger partial charge is 0.211 e. The number of hydrogen-bond acceptors (Lipinski definition) is 3. The maximum atomic E-state index is 12.8. The van der Waals surface area contributed by atoms with Gasteiger partial charge in [-0.2, -0.15) is 0 Å². The van der Waals surface area contributed by atoms with Crippen LogP contribution in [0.4, 0.5) is 4.39 Å². The Labute approximate surface area is 98.6 Å². The molecular formula is C12H14FNO3. The first kappa shape index (κ1) is 13.3. The van der Waals surface area contributed by atoms with E-state index < -0.39 is 22.1 Å². The molecule has 5 heteroatoms. The standard InChI is InChI=1S/C12H14FNO3/c1-12(2,8-15)11(7-14(16)17)9-3-5-10(13)6-4-9/h3-6,8,11H,7H2,1-2H3/t11-/m1/s1. The summed E-state index contributed by atoms with van der Waals surface area (Å²) < 4.78 is 12.8. The van der Waals surface area contributed by atoms with Gasteiger partial charge in [-0.3, -0.25) is 10.1 Å². The van der Waals surface area contributed by atoms with Crippen molar-refractivity contribution in [2.45, 2.75) is 19.8 Å². The minimum Gasteiger partial charge on any atom is -0.303 e. The van der Waals surface area contributed by atoms with Gasteiger partial charge in [0.2, 0.25) is 6.54 Å². The first-order valence-corrected chi connectivity index (χ1v) is 5.20. The second kappa shape index (κ2) is 5.03. The molecule has 1 atom stereocenters. The van der Waals surface area contributed by atoms with Gasteiger partial charge >= 0.3 is 0 Å². The Morgan fingerprint density at radius 2 is 1.94 bits per heavy atom. The summed E-state index contributed by atoms with van der Waals surface area (Å²) in [6, 6.07) is 5.44. The fourth-order valence-corrected chi connectivity index (χ4v) is 1.70. The van der Waals surface area contributed by atoms with Crippen LogP contribution in [0.15, 0.2) is 24.3 Å². The molecule has 0 spiro atoms. The van der Waals surface area contributed by atoms with Crippen molar-refractivity contribution in [1.29, 1.82) is 0 Å². The van der Waals surface area contributed by atoms with Crippen LogP contribution in [0.2, 0.25) is 0 Å². The highest BCUT2D eigenvalue weighted by molar-refractivity contribution is 5.60. The molecule has 0 fully saturated rings. The Hall–Kier alpha value is -1.78. The lowest BCUT2D eigenvalue weighted by atomic mass is 9.76. The molecule has 0 radical (unpaired) electrons. The van der Waals surface area contributed by atoms with E-state index in [0.29, 0.717) is 11.8 Å². The molecule has 0 aliphatic rings. The van der Waals surface area contributed by atoms with E-state index in [4.69, 9.17) is 0 Å². The zero-order valence-electron chi connectivity index (χ0n) is 9.72. The van der Waals surface area contributed by atoms with E-state index in [9.17, 15) is 19.3 Å². The quantitative estimate of drug-likeness (QED) is 0.450. The first-order valence-electron chi connectivity index (χ1n) is 5.20. The zero-order valence-corrected chi connectivity index (χ0v) is 9.72. The SMILES string of the molecule is CC(C)(C=O)[C@H](C[N+](=O)[O-])c1ccc(F)cc1. The summed E-state index contributed by atoms with van der Waals surface area (Å²) in [5.41, 5.74) is -0.259. The van der Waals surface area contributed by atoms with Crippen LogP contribution in [0.5, 0.6) is 0 Å². The minimum absolute atomic E-state index is 0.350. The van der Waals surface area contributed by atoms with Crippen molar-refractivity contribution in [3.8, 4) is 0 Å². The van der Waals surface area contributed by atoms with E-state index in [0.717, 1.165) is 0 Å². The van der Waals surface area contributed by atoms with Gasteiger partial charge in [-0.1, -0.05) is 26.0 Å². The van der Waals surface area contributed by atoms with E-state index in [1.165, 1.54) is 24.3 Å². The number of nitrogens with zero attached hydrogens (tertiary/aromatic N) is 1. The molecule has 0 aliphatic heterocycles. The summed E-state index contributed by atoms with van der Waals surface area (Å²) in [5, 5.41) is 10.6. The number of carbonyl (C=O) groups is 1. The number of carbonyl (C=O) groups excluding carboxylic acids is 1. The lowest BCUT2D eigenvalue weighted by Gasteiger charge is -2.26. The molecule has 1 aromatic carbocycles. The Balaban J connectivity index is 3.10. The molecule has 1 rings (SSSR count). The molecule has 0 unspecified atom stereocenters. The molecule has 4 nitrogen and oxygen atoms in total. The Morgan fingerprint density at radius 3 is 2.35 bits per heavy atom. The van der Waals surface area contributed by atoms with Gasteiger partial charge < -0.3 is 4.79 Å². The average molecular weight is 239 g/mol. The lowest BCUT2D eigenvalue weighted by molar-refractivity contribution is -0.485. The average Bonchev–Trinajstić information content (AvgIpc) is 2.27. The Bertz CT molecular complexity index is 414. The van der Waals surface area contributed by atoms with E-state index in [1.807, 2.05) is 0 Å². The van der Waals surface area contributed by atoms with Crippen molar-refractivity contribution >= 4 is 6.29 Å². The van der Waals surface area contributed by atoms with Gasteiger partial charge in [-0.15, -0.1) is 0 Å². The van der Waals surface area contributed by atoms with Gasteiger partial charge in [0.15, 0.2) is 0 Å². The van der Waals surface area contributed by atoms with Gasteiger partial charge in [0.25, 0.3) is 0 Å². The van der Waals surface area contributed by atoms with Crippen LogP contribution in [0.1, 0.15) is 25.3 Å². The van der Waals surface area contributed by atoms with E-state index in [-0.39, 0.29) is 6.54 Å². The third-order valence-corrected chi connectivity index (χ3v) is 2.81. The second-order valence-electron chi connectivity index (χ2n) is 4.56. The van der Waals surface area contributed by atoms with Gasteiger partial charge in [0, 0.05) is 10.3 Å². The van der Waals surface area contributed by atoms with Crippen molar-refractivity contribution in [1.82, 2.24) is 0 Å². The highest BCUT2D eigenvalue weighted by atomic mass is 19.1. The largest absolute Gasteiger partial charge is 0.303 e. The molecule has 0 N–H and O–H groups in total.